The molecule has 1 aliphatic rings. The fourth-order valence-corrected chi connectivity index (χ4v) is 2.46. The Bertz CT molecular complexity index is 513. The number of carboxylic acid groups (broad SMARTS) is 1. The van der Waals surface area contributed by atoms with E-state index in [0.29, 0.717) is 0 Å². The molecule has 1 aromatic rings. The van der Waals surface area contributed by atoms with Crippen LogP contribution in [0.15, 0.2) is 18.2 Å². The van der Waals surface area contributed by atoms with Gasteiger partial charge in [-0.3, -0.25) is 4.79 Å². The van der Waals surface area contributed by atoms with E-state index in [9.17, 15) is 9.59 Å². The van der Waals surface area contributed by atoms with Gasteiger partial charge in [0.15, 0.2) is 6.10 Å². The highest BCUT2D eigenvalue weighted by Gasteiger charge is 2.17. The number of aryl methyl sites for hydroxylation is 2. The lowest BCUT2D eigenvalue weighted by Gasteiger charge is -2.11. The van der Waals surface area contributed by atoms with Crippen LogP contribution >= 0.6 is 0 Å². The van der Waals surface area contributed by atoms with Crippen molar-refractivity contribution in [3.8, 4) is 0 Å². The lowest BCUT2D eigenvalue weighted by molar-refractivity contribution is -0.148. The molecule has 2 rings (SSSR count). The summed E-state index contributed by atoms with van der Waals surface area (Å²) in [5, 5.41) is 11.4. The topological polar surface area (TPSA) is 75.6 Å². The summed E-state index contributed by atoms with van der Waals surface area (Å²) < 4.78 is 4.76. The highest BCUT2D eigenvalue weighted by atomic mass is 16.5. The van der Waals surface area contributed by atoms with E-state index < -0.39 is 12.1 Å². The third-order valence-electron chi connectivity index (χ3n) is 3.57. The Balaban J connectivity index is 1.87. The molecule has 20 heavy (non-hydrogen) atoms. The number of carbonyl (C=O) groups excluding carboxylic acids is 1. The summed E-state index contributed by atoms with van der Waals surface area (Å²) in [4.78, 5) is 22.5. The molecule has 0 radical (unpaired) electrons. The molecule has 0 heterocycles. The molecule has 0 saturated heterocycles. The molecule has 0 fully saturated rings. The summed E-state index contributed by atoms with van der Waals surface area (Å²) in [6.45, 7) is -0.0182. The van der Waals surface area contributed by atoms with Crippen LogP contribution in [0.25, 0.3) is 0 Å². The number of ether oxygens (including phenoxy) is 1. The van der Waals surface area contributed by atoms with Crippen molar-refractivity contribution < 1.29 is 19.4 Å². The van der Waals surface area contributed by atoms with Gasteiger partial charge >= 0.3 is 5.97 Å². The van der Waals surface area contributed by atoms with Gasteiger partial charge in [-0.2, -0.15) is 0 Å². The molecule has 0 aromatic heterocycles. The van der Waals surface area contributed by atoms with Crippen molar-refractivity contribution in [2.75, 3.05) is 13.7 Å². The third kappa shape index (κ3) is 3.57. The summed E-state index contributed by atoms with van der Waals surface area (Å²) >= 11 is 0. The van der Waals surface area contributed by atoms with Crippen molar-refractivity contribution in [1.82, 2.24) is 5.32 Å². The number of rotatable bonds is 6. The van der Waals surface area contributed by atoms with Gasteiger partial charge in [0.1, 0.15) is 0 Å². The molecule has 1 unspecified atom stereocenters. The Labute approximate surface area is 117 Å². The highest BCUT2D eigenvalue weighted by Crippen LogP contribution is 2.22. The van der Waals surface area contributed by atoms with Crippen LogP contribution in [0.1, 0.15) is 23.1 Å². The first kappa shape index (κ1) is 14.5. The number of carbonyl (C=O) groups is 2. The number of hydrogen-bond acceptors (Lipinski definition) is 3. The van der Waals surface area contributed by atoms with E-state index >= 15 is 0 Å². The second-order valence-corrected chi connectivity index (χ2v) is 5.00. The van der Waals surface area contributed by atoms with Crippen molar-refractivity contribution >= 4 is 11.9 Å². The molecule has 1 amide bonds. The van der Waals surface area contributed by atoms with Crippen LogP contribution in [0.4, 0.5) is 0 Å². The average Bonchev–Trinajstić information content (AvgIpc) is 2.86. The minimum absolute atomic E-state index is 0.0182. The van der Waals surface area contributed by atoms with Gasteiger partial charge in [0, 0.05) is 7.11 Å². The largest absolute Gasteiger partial charge is 0.479 e. The smallest absolute Gasteiger partial charge is 0.334 e. The number of carboxylic acids is 1. The predicted molar refractivity (Wildman–Crippen MR) is 73.6 cm³/mol. The lowest BCUT2D eigenvalue weighted by Crippen LogP contribution is -2.38. The van der Waals surface area contributed by atoms with Gasteiger partial charge in [0.25, 0.3) is 0 Å². The van der Waals surface area contributed by atoms with Crippen LogP contribution < -0.4 is 5.32 Å². The average molecular weight is 277 g/mol. The third-order valence-corrected chi connectivity index (χ3v) is 3.57. The van der Waals surface area contributed by atoms with Gasteiger partial charge in [0.2, 0.25) is 5.91 Å². The second-order valence-electron chi connectivity index (χ2n) is 5.00. The maximum Gasteiger partial charge on any atom is 0.334 e. The second kappa shape index (κ2) is 6.52. The van der Waals surface area contributed by atoms with E-state index in [-0.39, 0.29) is 18.9 Å². The Morgan fingerprint density at radius 2 is 2.10 bits per heavy atom. The standard InChI is InChI=1S/C15H19NO4/c1-20-13(15(18)19)9-16-14(17)8-10-5-6-11-3-2-4-12(11)7-10/h5-7,13H,2-4,8-9H2,1H3,(H,16,17)(H,18,19). The summed E-state index contributed by atoms with van der Waals surface area (Å²) in [7, 11) is 1.31. The maximum atomic E-state index is 11.8. The van der Waals surface area contributed by atoms with E-state index in [1.807, 2.05) is 6.07 Å². The van der Waals surface area contributed by atoms with Gasteiger partial charge in [-0.25, -0.2) is 4.79 Å². The lowest BCUT2D eigenvalue weighted by atomic mass is 10.0. The highest BCUT2D eigenvalue weighted by molar-refractivity contribution is 5.80. The number of nitrogens with one attached hydrogen (secondary N) is 1. The zero-order valence-electron chi connectivity index (χ0n) is 11.5. The number of amides is 1. The van der Waals surface area contributed by atoms with Crippen molar-refractivity contribution in [3.05, 3.63) is 34.9 Å². The molecular formula is C15H19NO4. The summed E-state index contributed by atoms with van der Waals surface area (Å²) in [6, 6.07) is 6.13. The van der Waals surface area contributed by atoms with Crippen LogP contribution in [0.2, 0.25) is 0 Å². The zero-order chi connectivity index (χ0) is 14.5. The van der Waals surface area contributed by atoms with E-state index in [0.717, 1.165) is 18.4 Å². The monoisotopic (exact) mass is 277 g/mol. The summed E-state index contributed by atoms with van der Waals surface area (Å²) in [6.07, 6.45) is 2.65. The molecule has 5 nitrogen and oxygen atoms in total. The molecule has 1 aromatic carbocycles. The predicted octanol–water partition coefficient (Wildman–Crippen LogP) is 0.934. The molecule has 0 saturated carbocycles. The van der Waals surface area contributed by atoms with Crippen LogP contribution in [0, 0.1) is 0 Å². The Hall–Kier alpha value is -1.88. The van der Waals surface area contributed by atoms with Crippen molar-refractivity contribution in [3.63, 3.8) is 0 Å². The molecule has 2 N–H and O–H groups in total. The van der Waals surface area contributed by atoms with Gasteiger partial charge in [-0.15, -0.1) is 0 Å². The van der Waals surface area contributed by atoms with Crippen molar-refractivity contribution in [2.24, 2.45) is 0 Å². The molecule has 108 valence electrons. The first-order valence-electron chi connectivity index (χ1n) is 6.73. The number of fused-ring (bicyclic) bond motifs is 1. The zero-order valence-corrected chi connectivity index (χ0v) is 11.5. The van der Waals surface area contributed by atoms with E-state index in [2.05, 4.69) is 17.4 Å². The quantitative estimate of drug-likeness (QED) is 0.811. The van der Waals surface area contributed by atoms with Gasteiger partial charge in [-0.05, 0) is 36.0 Å². The fourth-order valence-electron chi connectivity index (χ4n) is 2.46. The number of benzene rings is 1. The van der Waals surface area contributed by atoms with E-state index in [1.54, 1.807) is 0 Å². The molecule has 0 aliphatic heterocycles. The van der Waals surface area contributed by atoms with Crippen LogP contribution in [0.5, 0.6) is 0 Å². The van der Waals surface area contributed by atoms with Gasteiger partial charge in [-0.1, -0.05) is 18.2 Å². The first-order chi connectivity index (χ1) is 9.60. The first-order valence-corrected chi connectivity index (χ1v) is 6.73. The van der Waals surface area contributed by atoms with Crippen LogP contribution in [0.3, 0.4) is 0 Å². The van der Waals surface area contributed by atoms with E-state index in [1.165, 1.54) is 24.7 Å². The number of aliphatic carboxylic acids is 1. The minimum atomic E-state index is -1.08. The summed E-state index contributed by atoms with van der Waals surface area (Å²) in [5.41, 5.74) is 3.67. The SMILES string of the molecule is COC(CNC(=O)Cc1ccc2c(c1)CCC2)C(=O)O. The maximum absolute atomic E-state index is 11.8. The number of methoxy groups -OCH3 is 1. The fraction of sp³-hybridized carbons (Fsp3) is 0.467. The molecule has 5 heteroatoms. The van der Waals surface area contributed by atoms with E-state index in [4.69, 9.17) is 9.84 Å². The summed E-state index contributed by atoms with van der Waals surface area (Å²) in [5.74, 6) is -1.27. The Morgan fingerprint density at radius 1 is 1.35 bits per heavy atom. The van der Waals surface area contributed by atoms with Crippen molar-refractivity contribution in [1.29, 1.82) is 0 Å². The van der Waals surface area contributed by atoms with Crippen molar-refractivity contribution in [2.45, 2.75) is 31.8 Å². The Morgan fingerprint density at radius 3 is 2.80 bits per heavy atom. The molecule has 1 aliphatic carbocycles. The molecule has 0 spiro atoms. The number of hydrogen-bond donors (Lipinski definition) is 2. The normalized spacial score (nSPS) is 14.7. The minimum Gasteiger partial charge on any atom is -0.479 e. The molecule has 1 atom stereocenters. The van der Waals surface area contributed by atoms with Crippen LogP contribution in [-0.2, 0) is 33.6 Å². The van der Waals surface area contributed by atoms with Gasteiger partial charge < -0.3 is 15.2 Å². The molecule has 0 bridgehead atoms. The van der Waals surface area contributed by atoms with Crippen LogP contribution in [-0.4, -0.2) is 36.7 Å². The molecular weight excluding hydrogens is 258 g/mol. The Kier molecular flexibility index (Phi) is 4.74. The van der Waals surface area contributed by atoms with Gasteiger partial charge in [0.05, 0.1) is 13.0 Å².